The van der Waals surface area contributed by atoms with Crippen molar-refractivity contribution in [2.24, 2.45) is 0 Å². The van der Waals surface area contributed by atoms with Crippen LogP contribution in [0.15, 0.2) is 42.0 Å². The third kappa shape index (κ3) is 6.36. The lowest BCUT2D eigenvalue weighted by Crippen LogP contribution is -2.16. The third-order valence-corrected chi connectivity index (χ3v) is 5.65. The summed E-state index contributed by atoms with van der Waals surface area (Å²) in [6.45, 7) is 1.81. The van der Waals surface area contributed by atoms with Crippen LogP contribution in [-0.2, 0) is 13.2 Å². The van der Waals surface area contributed by atoms with Gasteiger partial charge in [0, 0.05) is 12.1 Å². The van der Waals surface area contributed by atoms with E-state index >= 15 is 0 Å². The Kier molecular flexibility index (Phi) is 8.22. The Labute approximate surface area is 181 Å². The van der Waals surface area contributed by atoms with Gasteiger partial charge in [0.15, 0.2) is 11.5 Å². The van der Waals surface area contributed by atoms with E-state index < -0.39 is 0 Å². The summed E-state index contributed by atoms with van der Waals surface area (Å²) in [7, 11) is 1.58. The molecule has 0 amide bonds. The van der Waals surface area contributed by atoms with E-state index in [-0.39, 0.29) is 12.4 Å². The van der Waals surface area contributed by atoms with E-state index in [4.69, 9.17) is 32.7 Å². The van der Waals surface area contributed by atoms with E-state index in [0.29, 0.717) is 33.7 Å². The summed E-state index contributed by atoms with van der Waals surface area (Å²) in [5, 5.41) is 4.25. The van der Waals surface area contributed by atoms with E-state index in [1.54, 1.807) is 18.7 Å². The Morgan fingerprint density at radius 1 is 1.10 bits per heavy atom. The number of nitrogens with one attached hydrogen (secondary N) is 1. The Morgan fingerprint density at radius 2 is 1.97 bits per heavy atom. The molecule has 2 aromatic carbocycles. The summed E-state index contributed by atoms with van der Waals surface area (Å²) in [5.41, 5.74) is 3.26. The molecule has 0 heterocycles. The first kappa shape index (κ1) is 21.9. The maximum absolute atomic E-state index is 13.2. The van der Waals surface area contributed by atoms with Crippen LogP contribution in [0.5, 0.6) is 11.5 Å². The maximum Gasteiger partial charge on any atom is 0.180 e. The second kappa shape index (κ2) is 10.9. The van der Waals surface area contributed by atoms with Gasteiger partial charge in [-0.15, -0.1) is 0 Å². The average molecular weight is 438 g/mol. The van der Waals surface area contributed by atoms with E-state index in [1.165, 1.54) is 37.8 Å². The smallest absolute Gasteiger partial charge is 0.180 e. The van der Waals surface area contributed by atoms with E-state index in [1.807, 2.05) is 12.1 Å². The number of allylic oxidation sites excluding steroid dienone is 1. The van der Waals surface area contributed by atoms with Crippen LogP contribution < -0.4 is 14.8 Å². The summed E-state index contributed by atoms with van der Waals surface area (Å²) in [5.74, 6) is 0.624. The molecule has 0 aromatic heterocycles. The molecule has 1 aliphatic rings. The van der Waals surface area contributed by atoms with Crippen LogP contribution >= 0.6 is 23.2 Å². The fourth-order valence-corrected chi connectivity index (χ4v) is 3.93. The summed E-state index contributed by atoms with van der Waals surface area (Å²) < 4.78 is 24.5. The molecule has 0 spiro atoms. The second-order valence-corrected chi connectivity index (χ2v) is 7.98. The van der Waals surface area contributed by atoms with Gasteiger partial charge in [-0.1, -0.05) is 40.9 Å². The summed E-state index contributed by atoms with van der Waals surface area (Å²) in [6.07, 6.45) is 8.54. The molecule has 6 heteroatoms. The highest BCUT2D eigenvalue weighted by Crippen LogP contribution is 2.37. The highest BCUT2D eigenvalue weighted by molar-refractivity contribution is 6.32. The van der Waals surface area contributed by atoms with E-state index in [0.717, 1.165) is 18.5 Å². The Morgan fingerprint density at radius 3 is 2.69 bits per heavy atom. The number of rotatable bonds is 9. The van der Waals surface area contributed by atoms with Gasteiger partial charge in [0.1, 0.15) is 12.4 Å². The zero-order chi connectivity index (χ0) is 20.6. The second-order valence-electron chi connectivity index (χ2n) is 7.17. The molecule has 3 nitrogen and oxygen atoms in total. The SMILES string of the molecule is COc1cc(CNCCC2=CCCCC2)cc(Cl)c1OCc1ccc(F)cc1Cl. The van der Waals surface area contributed by atoms with Gasteiger partial charge in [-0.05, 0) is 68.5 Å². The minimum atomic E-state index is -0.383. The van der Waals surface area contributed by atoms with Gasteiger partial charge >= 0.3 is 0 Å². The van der Waals surface area contributed by atoms with Crippen molar-refractivity contribution in [3.05, 3.63) is 69.0 Å². The van der Waals surface area contributed by atoms with Gasteiger partial charge in [0.25, 0.3) is 0 Å². The minimum absolute atomic E-state index is 0.169. The minimum Gasteiger partial charge on any atom is -0.493 e. The Hall–Kier alpha value is -1.75. The van der Waals surface area contributed by atoms with Crippen molar-refractivity contribution in [2.45, 2.75) is 45.3 Å². The van der Waals surface area contributed by atoms with Crippen molar-refractivity contribution in [3.8, 4) is 11.5 Å². The average Bonchev–Trinajstić information content (AvgIpc) is 2.72. The van der Waals surface area contributed by atoms with Gasteiger partial charge in [-0.3, -0.25) is 0 Å². The fourth-order valence-electron chi connectivity index (χ4n) is 3.42. The van der Waals surface area contributed by atoms with Gasteiger partial charge in [-0.25, -0.2) is 4.39 Å². The van der Waals surface area contributed by atoms with Crippen molar-refractivity contribution >= 4 is 23.2 Å². The molecule has 0 unspecified atom stereocenters. The molecule has 0 fully saturated rings. The lowest BCUT2D eigenvalue weighted by atomic mass is 9.97. The first-order valence-corrected chi connectivity index (χ1v) is 10.6. The summed E-state index contributed by atoms with van der Waals surface area (Å²) >= 11 is 12.5. The standard InChI is InChI=1S/C23H26Cl2FNO2/c1-28-22-12-17(14-27-10-9-16-5-3-2-4-6-16)11-21(25)23(22)29-15-18-7-8-19(26)13-20(18)24/h5,7-8,11-13,27H,2-4,6,9-10,14-15H2,1H3. The molecule has 1 aliphatic carbocycles. The fraction of sp³-hybridized carbons (Fsp3) is 0.391. The number of benzene rings is 2. The quantitative estimate of drug-likeness (QED) is 0.349. The monoisotopic (exact) mass is 437 g/mol. The number of ether oxygens (including phenoxy) is 2. The van der Waals surface area contributed by atoms with E-state index in [2.05, 4.69) is 11.4 Å². The lowest BCUT2D eigenvalue weighted by Gasteiger charge is -2.16. The zero-order valence-corrected chi connectivity index (χ0v) is 18.1. The number of methoxy groups -OCH3 is 1. The molecule has 0 bridgehead atoms. The Bertz CT molecular complexity index is 870. The topological polar surface area (TPSA) is 30.5 Å². The Balaban J connectivity index is 1.58. The molecule has 0 saturated carbocycles. The molecule has 0 saturated heterocycles. The number of halogens is 3. The van der Waals surface area contributed by atoms with Gasteiger partial charge in [-0.2, -0.15) is 0 Å². The molecular weight excluding hydrogens is 412 g/mol. The number of hydrogen-bond acceptors (Lipinski definition) is 3. The molecule has 156 valence electrons. The summed E-state index contributed by atoms with van der Waals surface area (Å²) in [6, 6.07) is 8.00. The normalized spacial score (nSPS) is 13.9. The van der Waals surface area contributed by atoms with Crippen molar-refractivity contribution in [2.75, 3.05) is 13.7 Å². The zero-order valence-electron chi connectivity index (χ0n) is 16.6. The predicted octanol–water partition coefficient (Wildman–Crippen LogP) is 6.70. The third-order valence-electron chi connectivity index (χ3n) is 5.01. The van der Waals surface area contributed by atoms with E-state index in [9.17, 15) is 4.39 Å². The molecule has 0 atom stereocenters. The van der Waals surface area contributed by atoms with Crippen LogP contribution in [-0.4, -0.2) is 13.7 Å². The predicted molar refractivity (Wildman–Crippen MR) is 117 cm³/mol. The van der Waals surface area contributed by atoms with Crippen molar-refractivity contribution in [1.82, 2.24) is 5.32 Å². The molecule has 2 aromatic rings. The van der Waals surface area contributed by atoms with Crippen molar-refractivity contribution < 1.29 is 13.9 Å². The molecule has 0 radical (unpaired) electrons. The van der Waals surface area contributed by atoms with Crippen molar-refractivity contribution in [3.63, 3.8) is 0 Å². The largest absolute Gasteiger partial charge is 0.493 e. The van der Waals surface area contributed by atoms with Crippen molar-refractivity contribution in [1.29, 1.82) is 0 Å². The lowest BCUT2D eigenvalue weighted by molar-refractivity contribution is 0.284. The van der Waals surface area contributed by atoms with Crippen LogP contribution in [0.2, 0.25) is 10.0 Å². The first-order chi connectivity index (χ1) is 14.1. The van der Waals surface area contributed by atoms with Gasteiger partial charge in [0.2, 0.25) is 0 Å². The van der Waals surface area contributed by atoms with Gasteiger partial charge in [0.05, 0.1) is 17.2 Å². The summed E-state index contributed by atoms with van der Waals surface area (Å²) in [4.78, 5) is 0. The highest BCUT2D eigenvalue weighted by Gasteiger charge is 2.13. The van der Waals surface area contributed by atoms with Crippen LogP contribution in [0.3, 0.4) is 0 Å². The molecule has 3 rings (SSSR count). The molecule has 29 heavy (non-hydrogen) atoms. The van der Waals surface area contributed by atoms with Gasteiger partial charge < -0.3 is 14.8 Å². The maximum atomic E-state index is 13.2. The van der Waals surface area contributed by atoms with Crippen LogP contribution in [0, 0.1) is 5.82 Å². The van der Waals surface area contributed by atoms with Crippen LogP contribution in [0.1, 0.15) is 43.2 Å². The first-order valence-electron chi connectivity index (χ1n) is 9.88. The molecule has 0 aliphatic heterocycles. The van der Waals surface area contributed by atoms with Crippen LogP contribution in [0.25, 0.3) is 0 Å². The highest BCUT2D eigenvalue weighted by atomic mass is 35.5. The molecule has 1 N–H and O–H groups in total. The van der Waals surface area contributed by atoms with Crippen LogP contribution in [0.4, 0.5) is 4.39 Å². The molecular formula is C23H26Cl2FNO2. The number of hydrogen-bond donors (Lipinski definition) is 1.